The number of phenols is 1. The monoisotopic (exact) mass is 335 g/mol. The third-order valence-corrected chi connectivity index (χ3v) is 4.54. The Morgan fingerprint density at radius 1 is 1.16 bits per heavy atom. The number of phenolic OH excluding ortho intramolecular Hbond substituents is 1. The molecule has 0 aromatic heterocycles. The van der Waals surface area contributed by atoms with E-state index in [0.29, 0.717) is 5.56 Å². The Morgan fingerprint density at radius 3 is 2.52 bits per heavy atom. The number of para-hydroxylation sites is 1. The second-order valence-electron chi connectivity index (χ2n) is 6.52. The van der Waals surface area contributed by atoms with Crippen molar-refractivity contribution in [3.8, 4) is 5.75 Å². The number of hydrogen-bond acceptors (Lipinski definition) is 4. The number of carbonyl (C=O) groups excluding carboxylic acids is 1. The Labute approximate surface area is 147 Å². The number of amides is 1. The van der Waals surface area contributed by atoms with Gasteiger partial charge in [0.1, 0.15) is 5.75 Å². The molecule has 0 radical (unpaired) electrons. The zero-order valence-electron chi connectivity index (χ0n) is 14.5. The largest absolute Gasteiger partial charge is 0.508 e. The number of likely N-dealkylation sites (N-methyl/N-ethyl adjacent to an activating group) is 1. The van der Waals surface area contributed by atoms with E-state index in [9.17, 15) is 9.90 Å². The highest BCUT2D eigenvalue weighted by molar-refractivity contribution is 5.94. The fourth-order valence-electron chi connectivity index (χ4n) is 3.18. The fourth-order valence-corrected chi connectivity index (χ4v) is 3.18. The van der Waals surface area contributed by atoms with Gasteiger partial charge in [-0.2, -0.15) is 5.10 Å². The van der Waals surface area contributed by atoms with E-state index in [1.807, 2.05) is 25.3 Å². The van der Waals surface area contributed by atoms with E-state index >= 15 is 0 Å². The number of nitrogens with one attached hydrogen (secondary N) is 1. The Bertz CT molecular complexity index is 851. The van der Waals surface area contributed by atoms with E-state index < -0.39 is 0 Å². The highest BCUT2D eigenvalue weighted by Gasteiger charge is 2.37. The van der Waals surface area contributed by atoms with E-state index in [1.165, 1.54) is 23.4 Å². The molecule has 0 unspecified atom stereocenters. The van der Waals surface area contributed by atoms with Gasteiger partial charge in [0.15, 0.2) is 0 Å². The number of anilines is 1. The van der Waals surface area contributed by atoms with E-state index in [1.54, 1.807) is 18.3 Å². The van der Waals surface area contributed by atoms with E-state index in [-0.39, 0.29) is 17.1 Å². The third kappa shape index (κ3) is 3.13. The van der Waals surface area contributed by atoms with Crippen LogP contribution in [0.15, 0.2) is 65.4 Å². The van der Waals surface area contributed by atoms with Crippen molar-refractivity contribution in [1.29, 1.82) is 0 Å². The molecule has 2 N–H and O–H groups in total. The maximum Gasteiger partial charge on any atom is 0.271 e. The van der Waals surface area contributed by atoms with Crippen molar-refractivity contribution in [2.45, 2.75) is 19.3 Å². The lowest BCUT2D eigenvalue weighted by atomic mass is 9.84. The maximum absolute atomic E-state index is 12.0. The average Bonchev–Trinajstić information content (AvgIpc) is 2.79. The maximum atomic E-state index is 12.0. The van der Waals surface area contributed by atoms with Gasteiger partial charge in [-0.05, 0) is 42.0 Å². The first kappa shape index (κ1) is 16.8. The molecule has 25 heavy (non-hydrogen) atoms. The van der Waals surface area contributed by atoms with Crippen LogP contribution in [0.1, 0.15) is 29.8 Å². The van der Waals surface area contributed by atoms with Crippen LogP contribution in [0.25, 0.3) is 0 Å². The smallest absolute Gasteiger partial charge is 0.271 e. The second kappa shape index (κ2) is 6.43. The lowest BCUT2D eigenvalue weighted by Crippen LogP contribution is -2.23. The normalized spacial score (nSPS) is 17.1. The molecule has 5 nitrogen and oxygen atoms in total. The number of benzene rings is 2. The molecule has 0 aliphatic carbocycles. The molecule has 2 aromatic rings. The number of allylic oxidation sites excluding steroid dienone is 2. The van der Waals surface area contributed by atoms with Gasteiger partial charge in [-0.1, -0.05) is 32.0 Å². The quantitative estimate of drug-likeness (QED) is 0.667. The molecule has 0 spiro atoms. The van der Waals surface area contributed by atoms with Gasteiger partial charge in [0.05, 0.1) is 0 Å². The number of rotatable bonds is 3. The molecule has 2 aromatic carbocycles. The predicted octanol–water partition coefficient (Wildman–Crippen LogP) is 3.42. The van der Waals surface area contributed by atoms with E-state index in [4.69, 9.17) is 0 Å². The molecular formula is C20H21N3O2. The Morgan fingerprint density at radius 2 is 1.84 bits per heavy atom. The topological polar surface area (TPSA) is 64.9 Å². The van der Waals surface area contributed by atoms with Gasteiger partial charge in [-0.15, -0.1) is 0 Å². The van der Waals surface area contributed by atoms with Gasteiger partial charge < -0.3 is 10.0 Å². The van der Waals surface area contributed by atoms with Crippen molar-refractivity contribution in [3.63, 3.8) is 0 Å². The lowest BCUT2D eigenvalue weighted by Gasteiger charge is -2.23. The van der Waals surface area contributed by atoms with Crippen LogP contribution in [0, 0.1) is 0 Å². The summed E-state index contributed by atoms with van der Waals surface area (Å²) in [5.74, 6) is -0.201. The van der Waals surface area contributed by atoms with Crippen molar-refractivity contribution in [1.82, 2.24) is 5.43 Å². The van der Waals surface area contributed by atoms with E-state index in [0.717, 1.165) is 5.70 Å². The molecule has 0 fully saturated rings. The molecule has 0 saturated carbocycles. The fraction of sp³-hybridized carbons (Fsp3) is 0.200. The van der Waals surface area contributed by atoms with Gasteiger partial charge in [-0.25, -0.2) is 5.43 Å². The Kier molecular flexibility index (Phi) is 4.31. The lowest BCUT2D eigenvalue weighted by molar-refractivity contribution is 0.0955. The molecule has 128 valence electrons. The molecule has 1 aliphatic rings. The summed E-state index contributed by atoms with van der Waals surface area (Å²) in [7, 11) is 2.03. The van der Waals surface area contributed by atoms with Crippen LogP contribution in [0.3, 0.4) is 0 Å². The second-order valence-corrected chi connectivity index (χ2v) is 6.52. The first-order chi connectivity index (χ1) is 11.9. The molecule has 5 heteroatoms. The summed E-state index contributed by atoms with van der Waals surface area (Å²) < 4.78 is 0. The minimum absolute atomic E-state index is 0.121. The molecule has 3 rings (SSSR count). The highest BCUT2D eigenvalue weighted by atomic mass is 16.3. The van der Waals surface area contributed by atoms with Crippen molar-refractivity contribution in [3.05, 3.63) is 71.4 Å². The zero-order valence-corrected chi connectivity index (χ0v) is 14.5. The van der Waals surface area contributed by atoms with Crippen molar-refractivity contribution in [2.24, 2.45) is 5.10 Å². The SMILES string of the molecule is CN1/C(=C\C=NNC(=O)c2ccc(O)cc2)C(C)(C)c2ccccc21. The number of hydrogen-bond donors (Lipinski definition) is 2. The Balaban J connectivity index is 1.73. The number of aromatic hydroxyl groups is 1. The number of carbonyl (C=O) groups is 1. The summed E-state index contributed by atoms with van der Waals surface area (Å²) in [6, 6.07) is 14.3. The predicted molar refractivity (Wildman–Crippen MR) is 100 cm³/mol. The molecule has 1 aliphatic heterocycles. The molecular weight excluding hydrogens is 314 g/mol. The number of nitrogens with zero attached hydrogens (tertiary/aromatic N) is 2. The minimum Gasteiger partial charge on any atom is -0.508 e. The van der Waals surface area contributed by atoms with Crippen LogP contribution in [0.2, 0.25) is 0 Å². The highest BCUT2D eigenvalue weighted by Crippen LogP contribution is 2.46. The van der Waals surface area contributed by atoms with Crippen molar-refractivity contribution < 1.29 is 9.90 Å². The summed E-state index contributed by atoms with van der Waals surface area (Å²) in [5, 5.41) is 13.3. The van der Waals surface area contributed by atoms with Crippen LogP contribution in [0.4, 0.5) is 5.69 Å². The Hall–Kier alpha value is -3.08. The van der Waals surface area contributed by atoms with Crippen LogP contribution in [-0.2, 0) is 5.41 Å². The summed E-state index contributed by atoms with van der Waals surface area (Å²) in [6.45, 7) is 4.34. The van der Waals surface area contributed by atoms with Gasteiger partial charge in [0, 0.05) is 35.6 Å². The summed E-state index contributed by atoms with van der Waals surface area (Å²) in [4.78, 5) is 14.1. The first-order valence-corrected chi connectivity index (χ1v) is 8.07. The summed E-state index contributed by atoms with van der Waals surface area (Å²) >= 11 is 0. The average molecular weight is 335 g/mol. The zero-order chi connectivity index (χ0) is 18.0. The van der Waals surface area contributed by atoms with E-state index in [2.05, 4.69) is 41.4 Å². The van der Waals surface area contributed by atoms with Crippen LogP contribution in [-0.4, -0.2) is 24.3 Å². The van der Waals surface area contributed by atoms with Gasteiger partial charge >= 0.3 is 0 Å². The molecule has 0 atom stereocenters. The van der Waals surface area contributed by atoms with Crippen molar-refractivity contribution >= 4 is 17.8 Å². The third-order valence-electron chi connectivity index (χ3n) is 4.54. The van der Waals surface area contributed by atoms with Crippen LogP contribution >= 0.6 is 0 Å². The van der Waals surface area contributed by atoms with Crippen LogP contribution in [0.5, 0.6) is 5.75 Å². The van der Waals surface area contributed by atoms with Crippen molar-refractivity contribution in [2.75, 3.05) is 11.9 Å². The van der Waals surface area contributed by atoms with Gasteiger partial charge in [0.2, 0.25) is 0 Å². The standard InChI is InChI=1S/C20H21N3O2/c1-20(2)16-6-4-5-7-17(16)23(3)18(20)12-13-21-22-19(25)14-8-10-15(24)11-9-14/h4-13,24H,1-3H3,(H,22,25)/b18-12-,21-13?. The molecule has 1 heterocycles. The van der Waals surface area contributed by atoms with Gasteiger partial charge in [-0.3, -0.25) is 4.79 Å². The molecule has 0 saturated heterocycles. The number of hydrazone groups is 1. The molecule has 1 amide bonds. The van der Waals surface area contributed by atoms with Crippen LogP contribution < -0.4 is 10.3 Å². The first-order valence-electron chi connectivity index (χ1n) is 8.07. The minimum atomic E-state index is -0.322. The number of fused-ring (bicyclic) bond motifs is 1. The summed E-state index contributed by atoms with van der Waals surface area (Å²) in [5.41, 5.74) is 6.36. The summed E-state index contributed by atoms with van der Waals surface area (Å²) in [6.07, 6.45) is 3.51. The molecule has 0 bridgehead atoms. The van der Waals surface area contributed by atoms with Gasteiger partial charge in [0.25, 0.3) is 5.91 Å².